The standard InChI is InChI=1S/C10H16N4O2S/c1-17(15,16)14-4-2-13(3-5-14)10-6-9(11)7-12-8-10/h6-8H,2-5,11H2,1H3. The van der Waals surface area contributed by atoms with Crippen molar-refractivity contribution in [3.05, 3.63) is 18.5 Å². The molecule has 0 unspecified atom stereocenters. The van der Waals surface area contributed by atoms with Crippen molar-refractivity contribution < 1.29 is 8.42 Å². The molecule has 1 aliphatic rings. The normalized spacial score (nSPS) is 18.3. The Bertz CT molecular complexity index is 495. The van der Waals surface area contributed by atoms with E-state index in [0.717, 1.165) is 5.69 Å². The summed E-state index contributed by atoms with van der Waals surface area (Å²) in [5.74, 6) is 0. The number of nitrogens with two attached hydrogens (primary N) is 1. The smallest absolute Gasteiger partial charge is 0.211 e. The Balaban J connectivity index is 2.05. The lowest BCUT2D eigenvalue weighted by Gasteiger charge is -2.34. The number of nitrogen functional groups attached to an aromatic ring is 1. The Morgan fingerprint density at radius 1 is 1.24 bits per heavy atom. The molecule has 6 nitrogen and oxygen atoms in total. The number of rotatable bonds is 2. The van der Waals surface area contributed by atoms with Crippen molar-refractivity contribution >= 4 is 21.4 Å². The number of sulfonamides is 1. The molecular formula is C10H16N4O2S. The highest BCUT2D eigenvalue weighted by molar-refractivity contribution is 7.88. The Labute approximate surface area is 101 Å². The van der Waals surface area contributed by atoms with Crippen LogP contribution in [-0.2, 0) is 10.0 Å². The number of hydrogen-bond donors (Lipinski definition) is 1. The Hall–Kier alpha value is -1.34. The molecule has 0 atom stereocenters. The molecule has 2 rings (SSSR count). The highest BCUT2D eigenvalue weighted by Gasteiger charge is 2.23. The lowest BCUT2D eigenvalue weighted by Crippen LogP contribution is -2.48. The van der Waals surface area contributed by atoms with E-state index in [4.69, 9.17) is 5.73 Å². The summed E-state index contributed by atoms with van der Waals surface area (Å²) in [6, 6.07) is 1.85. The molecule has 7 heteroatoms. The molecule has 1 aromatic rings. The molecule has 0 bridgehead atoms. The molecule has 2 heterocycles. The monoisotopic (exact) mass is 256 g/mol. The second kappa shape index (κ2) is 4.50. The number of pyridine rings is 1. The first-order valence-electron chi connectivity index (χ1n) is 5.37. The second-order valence-corrected chi connectivity index (χ2v) is 6.11. The second-order valence-electron chi connectivity index (χ2n) is 4.13. The van der Waals surface area contributed by atoms with Gasteiger partial charge in [0, 0.05) is 32.4 Å². The predicted molar refractivity (Wildman–Crippen MR) is 67.3 cm³/mol. The van der Waals surface area contributed by atoms with E-state index in [1.807, 2.05) is 6.07 Å². The fraction of sp³-hybridized carbons (Fsp3) is 0.500. The summed E-state index contributed by atoms with van der Waals surface area (Å²) < 4.78 is 24.2. The van der Waals surface area contributed by atoms with E-state index in [9.17, 15) is 8.42 Å². The quantitative estimate of drug-likeness (QED) is 0.789. The zero-order valence-corrected chi connectivity index (χ0v) is 10.5. The summed E-state index contributed by atoms with van der Waals surface area (Å²) in [5, 5.41) is 0. The number of hydrogen-bond acceptors (Lipinski definition) is 5. The third kappa shape index (κ3) is 2.86. The number of piperazine rings is 1. The van der Waals surface area contributed by atoms with E-state index in [1.165, 1.54) is 10.6 Å². The van der Waals surface area contributed by atoms with Gasteiger partial charge in [-0.05, 0) is 6.07 Å². The van der Waals surface area contributed by atoms with Gasteiger partial charge in [0.25, 0.3) is 0 Å². The van der Waals surface area contributed by atoms with Crippen LogP contribution < -0.4 is 10.6 Å². The van der Waals surface area contributed by atoms with Gasteiger partial charge in [0.1, 0.15) is 0 Å². The van der Waals surface area contributed by atoms with E-state index in [1.54, 1.807) is 12.4 Å². The van der Waals surface area contributed by atoms with Gasteiger partial charge >= 0.3 is 0 Å². The van der Waals surface area contributed by atoms with E-state index < -0.39 is 10.0 Å². The molecule has 0 spiro atoms. The van der Waals surface area contributed by atoms with E-state index in [0.29, 0.717) is 31.9 Å². The molecule has 94 valence electrons. The molecule has 0 saturated carbocycles. The van der Waals surface area contributed by atoms with Crippen LogP contribution in [0, 0.1) is 0 Å². The number of anilines is 2. The van der Waals surface area contributed by atoms with Gasteiger partial charge in [0.15, 0.2) is 0 Å². The van der Waals surface area contributed by atoms with Crippen LogP contribution in [0.2, 0.25) is 0 Å². The van der Waals surface area contributed by atoms with Crippen molar-refractivity contribution in [2.75, 3.05) is 43.1 Å². The van der Waals surface area contributed by atoms with Crippen molar-refractivity contribution in [1.29, 1.82) is 0 Å². The zero-order valence-electron chi connectivity index (χ0n) is 9.70. The summed E-state index contributed by atoms with van der Waals surface area (Å²) >= 11 is 0. The van der Waals surface area contributed by atoms with E-state index >= 15 is 0 Å². The van der Waals surface area contributed by atoms with Crippen LogP contribution in [0.5, 0.6) is 0 Å². The topological polar surface area (TPSA) is 79.5 Å². The first-order valence-corrected chi connectivity index (χ1v) is 7.22. The summed E-state index contributed by atoms with van der Waals surface area (Å²) in [4.78, 5) is 6.12. The van der Waals surface area contributed by atoms with Crippen LogP contribution >= 0.6 is 0 Å². The van der Waals surface area contributed by atoms with Gasteiger partial charge in [-0.3, -0.25) is 4.98 Å². The molecule has 0 radical (unpaired) electrons. The Kier molecular flexibility index (Phi) is 3.21. The third-order valence-corrected chi connectivity index (χ3v) is 4.12. The molecular weight excluding hydrogens is 240 g/mol. The Morgan fingerprint density at radius 2 is 1.88 bits per heavy atom. The van der Waals surface area contributed by atoms with Gasteiger partial charge in [0.05, 0.1) is 23.8 Å². The van der Waals surface area contributed by atoms with Crippen LogP contribution in [0.1, 0.15) is 0 Å². The summed E-state index contributed by atoms with van der Waals surface area (Å²) in [7, 11) is -3.07. The van der Waals surface area contributed by atoms with Gasteiger partial charge in [0.2, 0.25) is 10.0 Å². The van der Waals surface area contributed by atoms with Crippen LogP contribution in [0.3, 0.4) is 0 Å². The van der Waals surface area contributed by atoms with Crippen LogP contribution in [0.4, 0.5) is 11.4 Å². The fourth-order valence-electron chi connectivity index (χ4n) is 1.90. The van der Waals surface area contributed by atoms with Gasteiger partial charge in [-0.25, -0.2) is 8.42 Å². The zero-order chi connectivity index (χ0) is 12.5. The largest absolute Gasteiger partial charge is 0.397 e. The van der Waals surface area contributed by atoms with Gasteiger partial charge in [-0.2, -0.15) is 4.31 Å². The average molecular weight is 256 g/mol. The molecule has 2 N–H and O–H groups in total. The van der Waals surface area contributed by atoms with Crippen molar-refractivity contribution in [2.24, 2.45) is 0 Å². The fourth-order valence-corrected chi connectivity index (χ4v) is 2.72. The minimum Gasteiger partial charge on any atom is -0.397 e. The SMILES string of the molecule is CS(=O)(=O)N1CCN(c2cncc(N)c2)CC1. The lowest BCUT2D eigenvalue weighted by molar-refractivity contribution is 0.388. The maximum absolute atomic E-state index is 11.4. The van der Waals surface area contributed by atoms with Crippen molar-refractivity contribution in [3.8, 4) is 0 Å². The first kappa shape index (κ1) is 12.1. The molecule has 1 fully saturated rings. The summed E-state index contributed by atoms with van der Waals surface area (Å²) in [5.41, 5.74) is 7.23. The summed E-state index contributed by atoms with van der Waals surface area (Å²) in [6.07, 6.45) is 4.58. The predicted octanol–water partition coefficient (Wildman–Crippen LogP) is -0.255. The molecule has 1 aliphatic heterocycles. The Morgan fingerprint density at radius 3 is 2.41 bits per heavy atom. The molecule has 1 saturated heterocycles. The molecule has 0 amide bonds. The van der Waals surface area contributed by atoms with Crippen molar-refractivity contribution in [3.63, 3.8) is 0 Å². The van der Waals surface area contributed by atoms with Gasteiger partial charge in [-0.1, -0.05) is 0 Å². The van der Waals surface area contributed by atoms with Crippen LogP contribution in [0.25, 0.3) is 0 Å². The van der Waals surface area contributed by atoms with Crippen molar-refractivity contribution in [1.82, 2.24) is 9.29 Å². The van der Waals surface area contributed by atoms with Gasteiger partial charge < -0.3 is 10.6 Å². The highest BCUT2D eigenvalue weighted by Crippen LogP contribution is 2.18. The van der Waals surface area contributed by atoms with Gasteiger partial charge in [-0.15, -0.1) is 0 Å². The highest BCUT2D eigenvalue weighted by atomic mass is 32.2. The average Bonchev–Trinajstić information content (AvgIpc) is 2.28. The van der Waals surface area contributed by atoms with Crippen LogP contribution in [0.15, 0.2) is 18.5 Å². The summed E-state index contributed by atoms with van der Waals surface area (Å²) in [6.45, 7) is 2.34. The number of aromatic nitrogens is 1. The molecule has 1 aromatic heterocycles. The van der Waals surface area contributed by atoms with Crippen molar-refractivity contribution in [2.45, 2.75) is 0 Å². The molecule has 0 aliphatic carbocycles. The van der Waals surface area contributed by atoms with Crippen LogP contribution in [-0.4, -0.2) is 50.1 Å². The first-order chi connectivity index (χ1) is 7.97. The minimum atomic E-state index is -3.07. The maximum Gasteiger partial charge on any atom is 0.211 e. The molecule has 0 aromatic carbocycles. The number of nitrogens with zero attached hydrogens (tertiary/aromatic N) is 3. The maximum atomic E-state index is 11.4. The third-order valence-electron chi connectivity index (χ3n) is 2.82. The molecule has 17 heavy (non-hydrogen) atoms. The minimum absolute atomic E-state index is 0.508. The lowest BCUT2D eigenvalue weighted by atomic mass is 10.3. The van der Waals surface area contributed by atoms with E-state index in [2.05, 4.69) is 9.88 Å². The van der Waals surface area contributed by atoms with E-state index in [-0.39, 0.29) is 0 Å².